The molecule has 1 fully saturated rings. The quantitative estimate of drug-likeness (QED) is 0.744. The van der Waals surface area contributed by atoms with Gasteiger partial charge in [-0.15, -0.1) is 0 Å². The SMILES string of the molecule is NCC[C@@H](O)c1cccc(OC[C@H]2CCCC[C@H]2O)c1. The van der Waals surface area contributed by atoms with E-state index in [1.165, 1.54) is 6.42 Å². The van der Waals surface area contributed by atoms with Gasteiger partial charge < -0.3 is 20.7 Å². The lowest BCUT2D eigenvalue weighted by atomic mass is 9.87. The summed E-state index contributed by atoms with van der Waals surface area (Å²) in [6.45, 7) is 0.998. The van der Waals surface area contributed by atoms with Gasteiger partial charge in [0.25, 0.3) is 0 Å². The molecular weight excluding hydrogens is 254 g/mol. The fourth-order valence-corrected chi connectivity index (χ4v) is 2.72. The van der Waals surface area contributed by atoms with Crippen LogP contribution in [0.25, 0.3) is 0 Å². The second-order valence-corrected chi connectivity index (χ2v) is 5.59. The molecule has 0 spiro atoms. The molecule has 2 rings (SSSR count). The fraction of sp³-hybridized carbons (Fsp3) is 0.625. The number of rotatable bonds is 6. The van der Waals surface area contributed by atoms with E-state index in [4.69, 9.17) is 10.5 Å². The highest BCUT2D eigenvalue weighted by molar-refractivity contribution is 5.29. The Morgan fingerprint density at radius 1 is 1.30 bits per heavy atom. The van der Waals surface area contributed by atoms with E-state index in [0.717, 1.165) is 30.6 Å². The minimum absolute atomic E-state index is 0.223. The highest BCUT2D eigenvalue weighted by Crippen LogP contribution is 2.26. The van der Waals surface area contributed by atoms with Crippen LogP contribution >= 0.6 is 0 Å². The Balaban J connectivity index is 1.90. The molecule has 4 heteroatoms. The van der Waals surface area contributed by atoms with Crippen LogP contribution in [0.4, 0.5) is 0 Å². The van der Waals surface area contributed by atoms with Crippen molar-refractivity contribution >= 4 is 0 Å². The summed E-state index contributed by atoms with van der Waals surface area (Å²) in [5, 5.41) is 19.9. The maximum Gasteiger partial charge on any atom is 0.119 e. The van der Waals surface area contributed by atoms with Crippen LogP contribution in [-0.4, -0.2) is 29.5 Å². The van der Waals surface area contributed by atoms with Crippen LogP contribution in [0.1, 0.15) is 43.8 Å². The van der Waals surface area contributed by atoms with Gasteiger partial charge in [-0.05, 0) is 43.5 Å². The largest absolute Gasteiger partial charge is 0.493 e. The molecule has 0 unspecified atom stereocenters. The Bertz CT molecular complexity index is 410. The Kier molecular flexibility index (Phi) is 5.83. The Labute approximate surface area is 120 Å². The third-order valence-electron chi connectivity index (χ3n) is 4.02. The van der Waals surface area contributed by atoms with Crippen molar-refractivity contribution < 1.29 is 14.9 Å². The summed E-state index contributed by atoms with van der Waals surface area (Å²) in [5.41, 5.74) is 6.29. The third-order valence-corrected chi connectivity index (χ3v) is 4.02. The summed E-state index contributed by atoms with van der Waals surface area (Å²) in [4.78, 5) is 0. The second-order valence-electron chi connectivity index (χ2n) is 5.59. The molecule has 0 amide bonds. The molecule has 1 aliphatic carbocycles. The summed E-state index contributed by atoms with van der Waals surface area (Å²) in [6, 6.07) is 7.49. The average Bonchev–Trinajstić information content (AvgIpc) is 2.47. The molecule has 0 heterocycles. The average molecular weight is 279 g/mol. The van der Waals surface area contributed by atoms with Crippen molar-refractivity contribution in [3.63, 3.8) is 0 Å². The topological polar surface area (TPSA) is 75.7 Å². The molecule has 1 aromatic carbocycles. The molecule has 20 heavy (non-hydrogen) atoms. The molecule has 3 atom stereocenters. The van der Waals surface area contributed by atoms with Crippen molar-refractivity contribution in [2.45, 2.75) is 44.3 Å². The molecule has 0 aliphatic heterocycles. The zero-order chi connectivity index (χ0) is 14.4. The van der Waals surface area contributed by atoms with Crippen LogP contribution in [0.5, 0.6) is 5.75 Å². The Morgan fingerprint density at radius 3 is 2.85 bits per heavy atom. The molecule has 1 saturated carbocycles. The van der Waals surface area contributed by atoms with E-state index in [-0.39, 0.29) is 12.0 Å². The van der Waals surface area contributed by atoms with Gasteiger partial charge in [-0.25, -0.2) is 0 Å². The number of aliphatic hydroxyl groups is 2. The van der Waals surface area contributed by atoms with Gasteiger partial charge in [0.05, 0.1) is 18.8 Å². The van der Waals surface area contributed by atoms with Crippen molar-refractivity contribution in [2.75, 3.05) is 13.2 Å². The van der Waals surface area contributed by atoms with Crippen LogP contribution in [-0.2, 0) is 0 Å². The minimum Gasteiger partial charge on any atom is -0.493 e. The first-order valence-electron chi connectivity index (χ1n) is 7.49. The minimum atomic E-state index is -0.538. The van der Waals surface area contributed by atoms with Crippen molar-refractivity contribution in [3.8, 4) is 5.75 Å². The number of hydrogen-bond donors (Lipinski definition) is 3. The van der Waals surface area contributed by atoms with E-state index in [9.17, 15) is 10.2 Å². The van der Waals surface area contributed by atoms with Crippen LogP contribution in [0.2, 0.25) is 0 Å². The first-order valence-corrected chi connectivity index (χ1v) is 7.49. The van der Waals surface area contributed by atoms with E-state index in [1.807, 2.05) is 24.3 Å². The molecular formula is C16H25NO3. The zero-order valence-electron chi connectivity index (χ0n) is 11.9. The van der Waals surface area contributed by atoms with Gasteiger partial charge in [0.15, 0.2) is 0 Å². The molecule has 0 bridgehead atoms. The lowest BCUT2D eigenvalue weighted by molar-refractivity contribution is 0.0421. The van der Waals surface area contributed by atoms with E-state index < -0.39 is 6.10 Å². The standard InChI is InChI=1S/C16H25NO3/c17-9-8-16(19)12-5-3-6-14(10-12)20-11-13-4-1-2-7-15(13)18/h3,5-6,10,13,15-16,18-19H,1-2,4,7-9,11,17H2/t13-,15-,16-/m1/s1. The maximum atomic E-state index is 9.93. The van der Waals surface area contributed by atoms with Gasteiger partial charge in [0.2, 0.25) is 0 Å². The third kappa shape index (κ3) is 4.20. The second kappa shape index (κ2) is 7.62. The molecule has 0 radical (unpaired) electrons. The van der Waals surface area contributed by atoms with Crippen LogP contribution in [0, 0.1) is 5.92 Å². The summed E-state index contributed by atoms with van der Waals surface area (Å²) < 4.78 is 5.78. The molecule has 4 nitrogen and oxygen atoms in total. The predicted octanol–water partition coefficient (Wildman–Crippen LogP) is 2.00. The number of aliphatic hydroxyl groups excluding tert-OH is 2. The lowest BCUT2D eigenvalue weighted by Crippen LogP contribution is -2.29. The van der Waals surface area contributed by atoms with Gasteiger partial charge in [-0.2, -0.15) is 0 Å². The summed E-state index contributed by atoms with van der Waals surface area (Å²) >= 11 is 0. The van der Waals surface area contributed by atoms with E-state index >= 15 is 0 Å². The smallest absolute Gasteiger partial charge is 0.119 e. The summed E-state index contributed by atoms with van der Waals surface area (Å²) in [5.74, 6) is 0.970. The monoisotopic (exact) mass is 279 g/mol. The van der Waals surface area contributed by atoms with Gasteiger partial charge in [0, 0.05) is 5.92 Å². The van der Waals surface area contributed by atoms with Gasteiger partial charge in [-0.3, -0.25) is 0 Å². The number of ether oxygens (including phenoxy) is 1. The lowest BCUT2D eigenvalue weighted by Gasteiger charge is -2.27. The number of benzene rings is 1. The number of hydrogen-bond acceptors (Lipinski definition) is 4. The van der Waals surface area contributed by atoms with Crippen molar-refractivity contribution in [3.05, 3.63) is 29.8 Å². The predicted molar refractivity (Wildman–Crippen MR) is 78.5 cm³/mol. The Hall–Kier alpha value is -1.10. The van der Waals surface area contributed by atoms with E-state index in [2.05, 4.69) is 0 Å². The normalized spacial score (nSPS) is 24.4. The van der Waals surface area contributed by atoms with Crippen molar-refractivity contribution in [1.82, 2.24) is 0 Å². The highest BCUT2D eigenvalue weighted by atomic mass is 16.5. The fourth-order valence-electron chi connectivity index (χ4n) is 2.72. The summed E-state index contributed by atoms with van der Waals surface area (Å²) in [7, 11) is 0. The van der Waals surface area contributed by atoms with Crippen molar-refractivity contribution in [2.24, 2.45) is 11.7 Å². The maximum absolute atomic E-state index is 9.93. The molecule has 0 aromatic heterocycles. The molecule has 4 N–H and O–H groups in total. The van der Waals surface area contributed by atoms with Gasteiger partial charge in [0.1, 0.15) is 5.75 Å². The Morgan fingerprint density at radius 2 is 2.10 bits per heavy atom. The van der Waals surface area contributed by atoms with Crippen molar-refractivity contribution in [1.29, 1.82) is 0 Å². The summed E-state index contributed by atoms with van der Waals surface area (Å²) in [6.07, 6.45) is 3.95. The molecule has 1 aromatic rings. The molecule has 112 valence electrons. The molecule has 0 saturated heterocycles. The first kappa shape index (κ1) is 15.3. The highest BCUT2D eigenvalue weighted by Gasteiger charge is 2.23. The first-order chi connectivity index (χ1) is 9.70. The van der Waals surface area contributed by atoms with E-state index in [0.29, 0.717) is 19.6 Å². The van der Waals surface area contributed by atoms with Gasteiger partial charge in [-0.1, -0.05) is 25.0 Å². The van der Waals surface area contributed by atoms with E-state index in [1.54, 1.807) is 0 Å². The van der Waals surface area contributed by atoms with Gasteiger partial charge >= 0.3 is 0 Å². The molecule has 1 aliphatic rings. The number of nitrogens with two attached hydrogens (primary N) is 1. The van der Waals surface area contributed by atoms with Crippen LogP contribution in [0.3, 0.4) is 0 Å². The van der Waals surface area contributed by atoms with Crippen LogP contribution in [0.15, 0.2) is 24.3 Å². The van der Waals surface area contributed by atoms with Crippen LogP contribution < -0.4 is 10.5 Å². The zero-order valence-corrected chi connectivity index (χ0v) is 11.9.